The van der Waals surface area contributed by atoms with Gasteiger partial charge >= 0.3 is 6.09 Å². The van der Waals surface area contributed by atoms with Crippen molar-refractivity contribution >= 4 is 6.09 Å². The van der Waals surface area contributed by atoms with Crippen molar-refractivity contribution in [2.24, 2.45) is 0 Å². The number of benzene rings is 2. The maximum absolute atomic E-state index is 12.4. The Hall–Kier alpha value is -2.41. The molecule has 0 aliphatic heterocycles. The Bertz CT molecular complexity index is 779. The summed E-state index contributed by atoms with van der Waals surface area (Å²) in [6, 6.07) is 16.7. The molecule has 3 rings (SSSR count). The second-order valence-corrected chi connectivity index (χ2v) is 7.75. The third-order valence-corrected chi connectivity index (χ3v) is 5.27. The van der Waals surface area contributed by atoms with Crippen molar-refractivity contribution in [1.29, 1.82) is 0 Å². The highest BCUT2D eigenvalue weighted by atomic mass is 16.6. The number of amides is 1. The third-order valence-electron chi connectivity index (χ3n) is 5.27. The molecule has 6 heteroatoms. The predicted octanol–water partition coefficient (Wildman–Crippen LogP) is 3.46. The largest absolute Gasteiger partial charge is 0.448 e. The van der Waals surface area contributed by atoms with Gasteiger partial charge in [-0.15, -0.1) is 0 Å². The van der Waals surface area contributed by atoms with Gasteiger partial charge < -0.3 is 24.0 Å². The molecule has 1 aliphatic carbocycles. The van der Waals surface area contributed by atoms with Crippen molar-refractivity contribution < 1.29 is 19.0 Å². The van der Waals surface area contributed by atoms with Crippen LogP contribution in [0.25, 0.3) is 11.1 Å². The number of nitrogens with zero attached hydrogens (tertiary/aromatic N) is 2. The lowest BCUT2D eigenvalue weighted by atomic mass is 9.98. The fourth-order valence-corrected chi connectivity index (χ4v) is 3.57. The molecule has 0 radical (unpaired) electrons. The quantitative estimate of drug-likeness (QED) is 0.529. The zero-order valence-electron chi connectivity index (χ0n) is 18.2. The van der Waals surface area contributed by atoms with Crippen molar-refractivity contribution in [1.82, 2.24) is 9.80 Å². The van der Waals surface area contributed by atoms with E-state index in [4.69, 9.17) is 14.2 Å². The Morgan fingerprint density at radius 1 is 0.800 bits per heavy atom. The minimum absolute atomic E-state index is 0.0744. The molecule has 0 bridgehead atoms. The molecule has 2 aromatic rings. The molecule has 2 aromatic carbocycles. The molecule has 0 spiro atoms. The Morgan fingerprint density at radius 3 is 1.90 bits per heavy atom. The monoisotopic (exact) mass is 412 g/mol. The first-order valence-corrected chi connectivity index (χ1v) is 10.4. The first kappa shape index (κ1) is 22.3. The normalized spacial score (nSPS) is 12.7. The second-order valence-electron chi connectivity index (χ2n) is 7.75. The predicted molar refractivity (Wildman–Crippen MR) is 118 cm³/mol. The van der Waals surface area contributed by atoms with E-state index < -0.39 is 0 Å². The maximum atomic E-state index is 12.4. The molecule has 0 N–H and O–H groups in total. The Labute approximate surface area is 179 Å². The molecule has 0 atom stereocenters. The minimum Gasteiger partial charge on any atom is -0.448 e. The topological polar surface area (TPSA) is 51.2 Å². The van der Waals surface area contributed by atoms with Crippen LogP contribution in [0.1, 0.15) is 17.0 Å². The molecule has 0 saturated carbocycles. The highest BCUT2D eigenvalue weighted by Crippen LogP contribution is 2.44. The van der Waals surface area contributed by atoms with Crippen LogP contribution in [0.3, 0.4) is 0 Å². The van der Waals surface area contributed by atoms with Gasteiger partial charge in [0.15, 0.2) is 0 Å². The SMILES string of the molecule is CN(C)CCOCCOCCN(C)C(=O)OCC1c2ccccc2-c2ccccc21. The zero-order valence-corrected chi connectivity index (χ0v) is 18.2. The van der Waals surface area contributed by atoms with E-state index in [2.05, 4.69) is 29.2 Å². The summed E-state index contributed by atoms with van der Waals surface area (Å²) in [4.78, 5) is 16.0. The maximum Gasteiger partial charge on any atom is 0.409 e. The van der Waals surface area contributed by atoms with E-state index >= 15 is 0 Å². The standard InChI is InChI=1S/C24H32N2O4/c1-25(2)12-14-28-16-17-29-15-13-26(3)24(27)30-18-23-21-10-6-4-8-19(21)20-9-5-7-11-22(20)23/h4-11,23H,12-18H2,1-3H3. The van der Waals surface area contributed by atoms with Crippen LogP contribution >= 0.6 is 0 Å². The van der Waals surface area contributed by atoms with Gasteiger partial charge in [0.05, 0.1) is 26.4 Å². The van der Waals surface area contributed by atoms with Gasteiger partial charge in [0.1, 0.15) is 6.61 Å². The van der Waals surface area contributed by atoms with Crippen LogP contribution < -0.4 is 0 Å². The van der Waals surface area contributed by atoms with Gasteiger partial charge in [0, 0.05) is 26.1 Å². The first-order valence-electron chi connectivity index (χ1n) is 10.4. The summed E-state index contributed by atoms with van der Waals surface area (Å²) in [6.07, 6.45) is -0.331. The lowest BCUT2D eigenvalue weighted by molar-refractivity contribution is 0.0344. The number of carbonyl (C=O) groups is 1. The summed E-state index contributed by atoms with van der Waals surface area (Å²) in [7, 11) is 5.76. The van der Waals surface area contributed by atoms with Crippen molar-refractivity contribution in [3.05, 3.63) is 59.7 Å². The summed E-state index contributed by atoms with van der Waals surface area (Å²) in [5.74, 6) is 0.0744. The first-order chi connectivity index (χ1) is 14.6. The molecule has 0 aromatic heterocycles. The fourth-order valence-electron chi connectivity index (χ4n) is 3.57. The average Bonchev–Trinajstić information content (AvgIpc) is 3.07. The van der Waals surface area contributed by atoms with Crippen LogP contribution in [-0.2, 0) is 14.2 Å². The molecule has 30 heavy (non-hydrogen) atoms. The average molecular weight is 413 g/mol. The van der Waals surface area contributed by atoms with Gasteiger partial charge in [0.25, 0.3) is 0 Å². The fraction of sp³-hybridized carbons (Fsp3) is 0.458. The highest BCUT2D eigenvalue weighted by Gasteiger charge is 2.29. The van der Waals surface area contributed by atoms with E-state index in [1.807, 2.05) is 38.4 Å². The summed E-state index contributed by atoms with van der Waals surface area (Å²) in [6.45, 7) is 3.93. The van der Waals surface area contributed by atoms with Crippen LogP contribution in [-0.4, -0.2) is 83.2 Å². The van der Waals surface area contributed by atoms with Gasteiger partial charge in [-0.2, -0.15) is 0 Å². The number of rotatable bonds is 11. The van der Waals surface area contributed by atoms with Crippen LogP contribution in [0.5, 0.6) is 0 Å². The molecule has 0 fully saturated rings. The van der Waals surface area contributed by atoms with E-state index in [0.29, 0.717) is 39.6 Å². The van der Waals surface area contributed by atoms with Crippen molar-refractivity contribution in [3.8, 4) is 11.1 Å². The third kappa shape index (κ3) is 5.81. The van der Waals surface area contributed by atoms with Crippen LogP contribution in [0.2, 0.25) is 0 Å². The molecule has 1 amide bonds. The lowest BCUT2D eigenvalue weighted by Gasteiger charge is -2.19. The van der Waals surface area contributed by atoms with Crippen LogP contribution in [0.15, 0.2) is 48.5 Å². The lowest BCUT2D eigenvalue weighted by Crippen LogP contribution is -2.32. The number of hydrogen-bond acceptors (Lipinski definition) is 5. The summed E-state index contributed by atoms with van der Waals surface area (Å²) >= 11 is 0. The Morgan fingerprint density at radius 2 is 1.33 bits per heavy atom. The van der Waals surface area contributed by atoms with Crippen molar-refractivity contribution in [3.63, 3.8) is 0 Å². The number of fused-ring (bicyclic) bond motifs is 3. The zero-order chi connectivity index (χ0) is 21.3. The van der Waals surface area contributed by atoms with Gasteiger partial charge in [0.2, 0.25) is 0 Å². The molecule has 1 aliphatic rings. The molecular weight excluding hydrogens is 380 g/mol. The van der Waals surface area contributed by atoms with Gasteiger partial charge in [-0.1, -0.05) is 48.5 Å². The highest BCUT2D eigenvalue weighted by molar-refractivity contribution is 5.79. The second kappa shape index (κ2) is 11.1. The number of ether oxygens (including phenoxy) is 3. The number of carbonyl (C=O) groups excluding carboxylic acids is 1. The van der Waals surface area contributed by atoms with Gasteiger partial charge in [-0.25, -0.2) is 4.79 Å². The van der Waals surface area contributed by atoms with Gasteiger partial charge in [-0.05, 0) is 36.3 Å². The van der Waals surface area contributed by atoms with Gasteiger partial charge in [-0.3, -0.25) is 0 Å². The Balaban J connectivity index is 1.39. The van der Waals surface area contributed by atoms with E-state index in [-0.39, 0.29) is 12.0 Å². The van der Waals surface area contributed by atoms with E-state index in [0.717, 1.165) is 6.54 Å². The van der Waals surface area contributed by atoms with Crippen LogP contribution in [0.4, 0.5) is 4.79 Å². The van der Waals surface area contributed by atoms with Crippen LogP contribution in [0, 0.1) is 0 Å². The summed E-state index contributed by atoms with van der Waals surface area (Å²) in [5, 5.41) is 0. The van der Waals surface area contributed by atoms with Crippen molar-refractivity contribution in [2.45, 2.75) is 5.92 Å². The summed E-state index contributed by atoms with van der Waals surface area (Å²) in [5.41, 5.74) is 4.88. The van der Waals surface area contributed by atoms with E-state index in [9.17, 15) is 4.79 Å². The minimum atomic E-state index is -0.331. The number of hydrogen-bond donors (Lipinski definition) is 0. The van der Waals surface area contributed by atoms with E-state index in [1.54, 1.807) is 11.9 Å². The molecule has 6 nitrogen and oxygen atoms in total. The smallest absolute Gasteiger partial charge is 0.409 e. The Kier molecular flexibility index (Phi) is 8.25. The molecular formula is C24H32N2O4. The molecule has 162 valence electrons. The molecule has 0 heterocycles. The van der Waals surface area contributed by atoms with E-state index in [1.165, 1.54) is 22.3 Å². The summed E-state index contributed by atoms with van der Waals surface area (Å²) < 4.78 is 16.7. The molecule has 0 saturated heterocycles. The molecule has 0 unspecified atom stereocenters. The number of likely N-dealkylation sites (N-methyl/N-ethyl adjacent to an activating group) is 2. The van der Waals surface area contributed by atoms with Crippen molar-refractivity contribution in [2.75, 3.05) is 67.3 Å².